The minimum atomic E-state index is -0.301. The van der Waals surface area contributed by atoms with E-state index in [0.29, 0.717) is 97.9 Å². The summed E-state index contributed by atoms with van der Waals surface area (Å²) < 4.78 is 43.5. The lowest BCUT2D eigenvalue weighted by Gasteiger charge is -2.17. The van der Waals surface area contributed by atoms with E-state index in [0.717, 1.165) is 17.9 Å². The zero-order valence-electron chi connectivity index (χ0n) is 22.9. The molecule has 0 saturated carbocycles. The van der Waals surface area contributed by atoms with E-state index in [9.17, 15) is 9.59 Å². The fourth-order valence-electron chi connectivity index (χ4n) is 2.83. The zero-order chi connectivity index (χ0) is 27.0. The third-order valence-corrected chi connectivity index (χ3v) is 4.96. The zero-order valence-corrected chi connectivity index (χ0v) is 22.9. The van der Waals surface area contributed by atoms with Gasteiger partial charge < -0.3 is 37.9 Å². The lowest BCUT2D eigenvalue weighted by atomic mass is 9.93. The Bertz CT molecular complexity index is 591. The summed E-state index contributed by atoms with van der Waals surface area (Å²) in [6.45, 7) is 14.9. The van der Waals surface area contributed by atoms with Crippen molar-refractivity contribution in [3.05, 3.63) is 12.2 Å². The molecule has 1 aliphatic heterocycles. The molecular formula is C26H47NO10. The first-order valence-electron chi connectivity index (χ1n) is 13.1. The predicted molar refractivity (Wildman–Crippen MR) is 136 cm³/mol. The van der Waals surface area contributed by atoms with E-state index in [2.05, 4.69) is 20.8 Å². The number of ether oxygens (including phenoxy) is 8. The molecule has 1 aliphatic rings. The molecule has 11 nitrogen and oxygen atoms in total. The highest BCUT2D eigenvalue weighted by Crippen LogP contribution is 2.17. The molecule has 1 rings (SSSR count). The molecule has 2 amide bonds. The third kappa shape index (κ3) is 21.2. The maximum atomic E-state index is 11.4. The molecule has 0 spiro atoms. The number of rotatable bonds is 26. The Hall–Kier alpha value is -1.44. The second-order valence-corrected chi connectivity index (χ2v) is 9.37. The van der Waals surface area contributed by atoms with Crippen molar-refractivity contribution in [2.45, 2.75) is 27.2 Å². The van der Waals surface area contributed by atoms with E-state index < -0.39 is 0 Å². The smallest absolute Gasteiger partial charge is 0.253 e. The van der Waals surface area contributed by atoms with Gasteiger partial charge in [0.25, 0.3) is 11.8 Å². The minimum absolute atomic E-state index is 0.247. The highest BCUT2D eigenvalue weighted by molar-refractivity contribution is 6.12. The van der Waals surface area contributed by atoms with Crippen molar-refractivity contribution in [2.75, 3.05) is 112 Å². The Morgan fingerprint density at radius 1 is 0.486 bits per heavy atom. The topological polar surface area (TPSA) is 111 Å². The number of imide groups is 1. The summed E-state index contributed by atoms with van der Waals surface area (Å²) in [5.41, 5.74) is 0.301. The predicted octanol–water partition coefficient (Wildman–Crippen LogP) is 1.48. The molecule has 1 heterocycles. The molecule has 37 heavy (non-hydrogen) atoms. The summed E-state index contributed by atoms with van der Waals surface area (Å²) in [5, 5.41) is 0. The van der Waals surface area contributed by atoms with Gasteiger partial charge in [0, 0.05) is 18.8 Å². The highest BCUT2D eigenvalue weighted by Gasteiger charge is 2.22. The number of carbonyl (C=O) groups excluding carboxylic acids is 2. The Morgan fingerprint density at radius 3 is 1.05 bits per heavy atom. The lowest BCUT2D eigenvalue weighted by molar-refractivity contribution is -0.137. The lowest BCUT2D eigenvalue weighted by Crippen LogP contribution is -2.33. The maximum Gasteiger partial charge on any atom is 0.253 e. The van der Waals surface area contributed by atoms with Crippen LogP contribution in [0.4, 0.5) is 0 Å². The van der Waals surface area contributed by atoms with Gasteiger partial charge in [-0.15, -0.1) is 0 Å². The minimum Gasteiger partial charge on any atom is -0.379 e. The first-order valence-corrected chi connectivity index (χ1v) is 13.1. The van der Waals surface area contributed by atoms with E-state index in [1.807, 2.05) is 0 Å². The second-order valence-electron chi connectivity index (χ2n) is 9.37. The van der Waals surface area contributed by atoms with Gasteiger partial charge in [-0.3, -0.25) is 14.5 Å². The molecule has 0 aromatic heterocycles. The summed E-state index contributed by atoms with van der Waals surface area (Å²) in [6, 6.07) is 0. The molecule has 0 radical (unpaired) electrons. The van der Waals surface area contributed by atoms with Crippen molar-refractivity contribution >= 4 is 11.8 Å². The third-order valence-electron chi connectivity index (χ3n) is 4.96. The molecule has 0 bridgehead atoms. The van der Waals surface area contributed by atoms with Crippen LogP contribution in [0, 0.1) is 5.41 Å². The monoisotopic (exact) mass is 533 g/mol. The van der Waals surface area contributed by atoms with E-state index in [4.69, 9.17) is 37.9 Å². The number of hydrogen-bond acceptors (Lipinski definition) is 10. The number of amides is 2. The van der Waals surface area contributed by atoms with E-state index >= 15 is 0 Å². The molecule has 0 aromatic carbocycles. The van der Waals surface area contributed by atoms with Crippen LogP contribution in [0.1, 0.15) is 27.2 Å². The molecule has 0 N–H and O–H groups in total. The Kier molecular flexibility index (Phi) is 20.5. The van der Waals surface area contributed by atoms with Gasteiger partial charge in [0.05, 0.1) is 106 Å². The molecule has 0 aliphatic carbocycles. The quantitative estimate of drug-likeness (QED) is 0.120. The van der Waals surface area contributed by atoms with Crippen molar-refractivity contribution in [2.24, 2.45) is 5.41 Å². The summed E-state index contributed by atoms with van der Waals surface area (Å²) in [6.07, 6.45) is 3.56. The van der Waals surface area contributed by atoms with Crippen molar-refractivity contribution in [1.82, 2.24) is 4.90 Å². The maximum absolute atomic E-state index is 11.4. The Labute approximate surface area is 221 Å². The van der Waals surface area contributed by atoms with Gasteiger partial charge >= 0.3 is 0 Å². The molecule has 0 atom stereocenters. The molecule has 0 fully saturated rings. The molecule has 11 heteroatoms. The van der Waals surface area contributed by atoms with E-state index in [1.54, 1.807) is 0 Å². The van der Waals surface area contributed by atoms with Crippen LogP contribution in [0.2, 0.25) is 0 Å². The fraction of sp³-hybridized carbons (Fsp3) is 0.846. The van der Waals surface area contributed by atoms with Crippen LogP contribution >= 0.6 is 0 Å². The van der Waals surface area contributed by atoms with Crippen LogP contribution in [0.15, 0.2) is 12.2 Å². The largest absolute Gasteiger partial charge is 0.379 e. The normalized spacial score (nSPS) is 13.9. The average Bonchev–Trinajstić information content (AvgIpc) is 3.17. The molecule has 216 valence electrons. The van der Waals surface area contributed by atoms with Gasteiger partial charge in [-0.2, -0.15) is 0 Å². The van der Waals surface area contributed by atoms with Gasteiger partial charge in [-0.05, 0) is 11.8 Å². The summed E-state index contributed by atoms with van der Waals surface area (Å²) in [4.78, 5) is 23.9. The van der Waals surface area contributed by atoms with Crippen molar-refractivity contribution in [3.8, 4) is 0 Å². The highest BCUT2D eigenvalue weighted by atomic mass is 16.6. The molecular weight excluding hydrogens is 486 g/mol. The van der Waals surface area contributed by atoms with Crippen molar-refractivity contribution in [3.63, 3.8) is 0 Å². The molecule has 0 saturated heterocycles. The van der Waals surface area contributed by atoms with Gasteiger partial charge in [-0.25, -0.2) is 0 Å². The number of carbonyl (C=O) groups is 2. The number of nitrogens with zero attached hydrogens (tertiary/aromatic N) is 1. The van der Waals surface area contributed by atoms with Gasteiger partial charge in [0.2, 0.25) is 0 Å². The van der Waals surface area contributed by atoms with E-state index in [-0.39, 0.29) is 25.0 Å². The first kappa shape index (κ1) is 33.6. The Balaban J connectivity index is 1.66. The van der Waals surface area contributed by atoms with Gasteiger partial charge in [0.1, 0.15) is 0 Å². The SMILES string of the molecule is CC(C)(C)CCOCCOCCOCCOCCOCCOCCOCCOCCN1C(=O)C=CC1=O. The number of hydrogen-bond donors (Lipinski definition) is 0. The van der Waals surface area contributed by atoms with Gasteiger partial charge in [0.15, 0.2) is 0 Å². The van der Waals surface area contributed by atoms with Crippen LogP contribution in [0.5, 0.6) is 0 Å². The van der Waals surface area contributed by atoms with Crippen molar-refractivity contribution < 1.29 is 47.5 Å². The Morgan fingerprint density at radius 2 is 0.757 bits per heavy atom. The standard InChI is InChI=1S/C26H47NO10/c1-26(2,3)6-8-30-10-12-32-14-16-34-18-20-36-22-23-37-21-19-35-17-15-33-13-11-31-9-7-27-24(28)4-5-25(27)29/h4-5H,6-23H2,1-3H3. The van der Waals surface area contributed by atoms with E-state index in [1.165, 1.54) is 12.2 Å². The van der Waals surface area contributed by atoms with Crippen LogP contribution in [-0.2, 0) is 47.5 Å². The summed E-state index contributed by atoms with van der Waals surface area (Å²) in [5.74, 6) is -0.602. The van der Waals surface area contributed by atoms with Crippen LogP contribution in [0.3, 0.4) is 0 Å². The van der Waals surface area contributed by atoms with Crippen molar-refractivity contribution in [1.29, 1.82) is 0 Å². The van der Waals surface area contributed by atoms with Crippen LogP contribution in [0.25, 0.3) is 0 Å². The van der Waals surface area contributed by atoms with Gasteiger partial charge in [-0.1, -0.05) is 20.8 Å². The molecule has 0 unspecified atom stereocenters. The average molecular weight is 534 g/mol. The van der Waals surface area contributed by atoms with Crippen LogP contribution in [-0.4, -0.2) is 129 Å². The second kappa shape index (κ2) is 22.5. The fourth-order valence-corrected chi connectivity index (χ4v) is 2.83. The molecule has 0 aromatic rings. The van der Waals surface area contributed by atoms with Crippen LogP contribution < -0.4 is 0 Å². The summed E-state index contributed by atoms with van der Waals surface area (Å²) >= 11 is 0. The first-order chi connectivity index (χ1) is 17.9. The summed E-state index contributed by atoms with van der Waals surface area (Å²) in [7, 11) is 0.